The summed E-state index contributed by atoms with van der Waals surface area (Å²) in [6.07, 6.45) is -12.3. The van der Waals surface area contributed by atoms with Gasteiger partial charge >= 0.3 is 18.0 Å². The van der Waals surface area contributed by atoms with Crippen LogP contribution < -0.4 is 5.69 Å². The molecule has 0 aliphatic heterocycles. The van der Waals surface area contributed by atoms with Gasteiger partial charge in [0.15, 0.2) is 17.8 Å². The van der Waals surface area contributed by atoms with E-state index in [4.69, 9.17) is 11.6 Å². The van der Waals surface area contributed by atoms with E-state index in [1.54, 1.807) is 0 Å². The van der Waals surface area contributed by atoms with Gasteiger partial charge < -0.3 is 5.11 Å². The third-order valence-corrected chi connectivity index (χ3v) is 5.50. The highest BCUT2D eigenvalue weighted by Gasteiger charge is 2.39. The molecule has 8 nitrogen and oxygen atoms in total. The molecule has 15 heteroatoms. The van der Waals surface area contributed by atoms with Crippen LogP contribution in [0.15, 0.2) is 53.3 Å². The molecule has 1 atom stereocenters. The molecule has 0 aliphatic rings. The summed E-state index contributed by atoms with van der Waals surface area (Å²) in [6, 6.07) is 10.4. The third kappa shape index (κ3) is 6.20. The van der Waals surface area contributed by atoms with Crippen LogP contribution in [-0.4, -0.2) is 46.9 Å². The second kappa shape index (κ2) is 10.0. The Morgan fingerprint density at radius 3 is 2.41 bits per heavy atom. The summed E-state index contributed by atoms with van der Waals surface area (Å²) in [5.41, 5.74) is -1.21. The molecule has 0 spiro atoms. The Kier molecular flexibility index (Phi) is 7.15. The summed E-state index contributed by atoms with van der Waals surface area (Å²) in [5.74, 6) is 0.0775. The Bertz CT molecular complexity index is 1440. The van der Waals surface area contributed by atoms with Crippen molar-refractivity contribution in [3.63, 3.8) is 0 Å². The molecule has 0 bridgehead atoms. The summed E-state index contributed by atoms with van der Waals surface area (Å²) < 4.78 is 79.3. The van der Waals surface area contributed by atoms with Crippen molar-refractivity contribution in [1.29, 1.82) is 0 Å². The number of rotatable bonds is 7. The molecule has 37 heavy (non-hydrogen) atoms. The van der Waals surface area contributed by atoms with E-state index in [1.807, 2.05) is 0 Å². The number of benzene rings is 2. The molecule has 2 heterocycles. The van der Waals surface area contributed by atoms with Gasteiger partial charge in [-0.05, 0) is 35.9 Å². The molecular formula is C22H17ClF6N6O2. The van der Waals surface area contributed by atoms with Gasteiger partial charge in [0, 0.05) is 17.0 Å². The Balaban J connectivity index is 1.61. The lowest BCUT2D eigenvalue weighted by atomic mass is 10.1. The number of hydrogen-bond donors (Lipinski definition) is 2. The third-order valence-electron chi connectivity index (χ3n) is 5.25. The smallest absolute Gasteiger partial charge is 0.382 e. The zero-order valence-corrected chi connectivity index (χ0v) is 19.3. The fraction of sp³-hybridized carbons (Fsp3) is 0.273. The predicted octanol–water partition coefficient (Wildman–Crippen LogP) is 4.06. The number of aromatic nitrogens is 6. The zero-order chi connectivity index (χ0) is 27.0. The minimum atomic E-state index is -4.97. The van der Waals surface area contributed by atoms with E-state index in [-0.39, 0.29) is 36.0 Å². The molecule has 4 rings (SSSR count). The van der Waals surface area contributed by atoms with Crippen LogP contribution in [0.4, 0.5) is 26.3 Å². The highest BCUT2D eigenvalue weighted by molar-refractivity contribution is 6.30. The molecule has 2 aromatic carbocycles. The van der Waals surface area contributed by atoms with Gasteiger partial charge in [0.2, 0.25) is 0 Å². The molecule has 0 amide bonds. The van der Waals surface area contributed by atoms with Crippen molar-refractivity contribution in [2.45, 2.75) is 38.0 Å². The van der Waals surface area contributed by atoms with Crippen molar-refractivity contribution >= 4 is 11.6 Å². The highest BCUT2D eigenvalue weighted by Crippen LogP contribution is 2.30. The first kappa shape index (κ1) is 26.4. The number of nitrogens with one attached hydrogen (secondary N) is 1. The van der Waals surface area contributed by atoms with Gasteiger partial charge in [-0.25, -0.2) is 14.5 Å². The largest absolute Gasteiger partial charge is 0.416 e. The number of aliphatic hydroxyl groups is 1. The molecule has 0 radical (unpaired) electrons. The maximum absolute atomic E-state index is 13.0. The standard InChI is InChI=1S/C22H17ClF6N6O2/c23-15-6-4-13(5-7-15)19-33-35(20(37)34(19)10-16(36)22(27,28)29)11-18-30-17(31-32-18)9-12-2-1-3-14(8-12)21(24,25)26/h1-8,16,36H,9-11H2,(H,30,31,32)/t16-/m1/s1. The topological polar surface area (TPSA) is 102 Å². The SMILES string of the molecule is O=c1n(Cc2nc(Cc3cccc(C(F)(F)F)c3)n[nH]2)nc(-c2ccc(Cl)cc2)n1C[C@@H](O)C(F)(F)F. The van der Waals surface area contributed by atoms with Crippen LogP contribution in [0.3, 0.4) is 0 Å². The van der Waals surface area contributed by atoms with Crippen LogP contribution in [0.1, 0.15) is 22.8 Å². The number of alkyl halides is 6. The summed E-state index contributed by atoms with van der Waals surface area (Å²) in [6.45, 7) is -1.43. The van der Waals surface area contributed by atoms with E-state index in [1.165, 1.54) is 36.4 Å². The number of aromatic amines is 1. The molecule has 0 saturated carbocycles. The van der Waals surface area contributed by atoms with Crippen molar-refractivity contribution in [1.82, 2.24) is 29.5 Å². The number of H-pyrrole nitrogens is 1. The molecule has 196 valence electrons. The van der Waals surface area contributed by atoms with Crippen LogP contribution in [0.2, 0.25) is 5.02 Å². The number of halogens is 7. The molecule has 0 fully saturated rings. The average Bonchev–Trinajstić information content (AvgIpc) is 3.38. The minimum Gasteiger partial charge on any atom is -0.382 e. The van der Waals surface area contributed by atoms with Gasteiger partial charge in [0.1, 0.15) is 12.4 Å². The van der Waals surface area contributed by atoms with Gasteiger partial charge in [-0.2, -0.15) is 31.4 Å². The second-order valence-corrected chi connectivity index (χ2v) is 8.45. The van der Waals surface area contributed by atoms with E-state index in [0.29, 0.717) is 15.2 Å². The van der Waals surface area contributed by atoms with Gasteiger partial charge in [0.25, 0.3) is 0 Å². The summed E-state index contributed by atoms with van der Waals surface area (Å²) >= 11 is 5.86. The van der Waals surface area contributed by atoms with Crippen LogP contribution in [-0.2, 0) is 25.7 Å². The van der Waals surface area contributed by atoms with Crippen LogP contribution in [0.5, 0.6) is 0 Å². The fourth-order valence-corrected chi connectivity index (χ4v) is 3.59. The van der Waals surface area contributed by atoms with Gasteiger partial charge in [-0.1, -0.05) is 29.8 Å². The van der Waals surface area contributed by atoms with E-state index in [0.717, 1.165) is 16.8 Å². The Hall–Kier alpha value is -3.65. The number of hydrogen-bond acceptors (Lipinski definition) is 5. The summed E-state index contributed by atoms with van der Waals surface area (Å²) in [7, 11) is 0. The van der Waals surface area contributed by atoms with E-state index < -0.39 is 36.3 Å². The van der Waals surface area contributed by atoms with Crippen LogP contribution in [0, 0.1) is 0 Å². The quantitative estimate of drug-likeness (QED) is 0.340. The lowest BCUT2D eigenvalue weighted by Gasteiger charge is -2.15. The molecule has 0 unspecified atom stereocenters. The molecule has 2 aromatic heterocycles. The fourth-order valence-electron chi connectivity index (χ4n) is 3.46. The minimum absolute atomic E-state index is 0.0441. The Labute approximate surface area is 209 Å². The number of aliphatic hydroxyl groups excluding tert-OH is 1. The summed E-state index contributed by atoms with van der Waals surface area (Å²) in [5, 5.41) is 20.5. The lowest BCUT2D eigenvalue weighted by molar-refractivity contribution is -0.207. The van der Waals surface area contributed by atoms with Gasteiger partial charge in [-0.3, -0.25) is 9.67 Å². The lowest BCUT2D eigenvalue weighted by Crippen LogP contribution is -2.37. The predicted molar refractivity (Wildman–Crippen MR) is 119 cm³/mol. The van der Waals surface area contributed by atoms with Crippen molar-refractivity contribution in [2.75, 3.05) is 0 Å². The number of nitrogens with zero attached hydrogens (tertiary/aromatic N) is 5. The van der Waals surface area contributed by atoms with E-state index in [9.17, 15) is 36.2 Å². The monoisotopic (exact) mass is 546 g/mol. The second-order valence-electron chi connectivity index (χ2n) is 8.01. The van der Waals surface area contributed by atoms with E-state index >= 15 is 0 Å². The molecular weight excluding hydrogens is 530 g/mol. The van der Waals surface area contributed by atoms with Crippen molar-refractivity contribution in [3.05, 3.63) is 86.8 Å². The molecule has 2 N–H and O–H groups in total. The first-order valence-electron chi connectivity index (χ1n) is 10.6. The van der Waals surface area contributed by atoms with Crippen LogP contribution >= 0.6 is 11.6 Å². The first-order chi connectivity index (χ1) is 17.3. The van der Waals surface area contributed by atoms with Gasteiger partial charge in [-0.15, -0.1) is 5.10 Å². The summed E-state index contributed by atoms with van der Waals surface area (Å²) in [4.78, 5) is 17.1. The van der Waals surface area contributed by atoms with Crippen LogP contribution in [0.25, 0.3) is 11.4 Å². The zero-order valence-electron chi connectivity index (χ0n) is 18.6. The maximum Gasteiger partial charge on any atom is 0.416 e. The van der Waals surface area contributed by atoms with Crippen molar-refractivity contribution < 1.29 is 31.4 Å². The molecule has 4 aromatic rings. The highest BCUT2D eigenvalue weighted by atomic mass is 35.5. The molecule has 0 aliphatic carbocycles. The van der Waals surface area contributed by atoms with Gasteiger partial charge in [0.05, 0.1) is 12.1 Å². The van der Waals surface area contributed by atoms with Crippen molar-refractivity contribution in [2.24, 2.45) is 0 Å². The Morgan fingerprint density at radius 2 is 1.76 bits per heavy atom. The first-order valence-corrected chi connectivity index (χ1v) is 10.9. The van der Waals surface area contributed by atoms with E-state index in [2.05, 4.69) is 20.3 Å². The molecule has 0 saturated heterocycles. The average molecular weight is 547 g/mol. The normalized spacial score (nSPS) is 13.2. The van der Waals surface area contributed by atoms with Crippen molar-refractivity contribution in [3.8, 4) is 11.4 Å². The maximum atomic E-state index is 13.0. The Morgan fingerprint density at radius 1 is 1.05 bits per heavy atom.